The van der Waals surface area contributed by atoms with E-state index in [1.54, 1.807) is 6.08 Å². The van der Waals surface area contributed by atoms with Crippen LogP contribution >= 0.6 is 0 Å². The Morgan fingerprint density at radius 1 is 1.18 bits per heavy atom. The molecule has 0 unspecified atom stereocenters. The normalized spacial score (nSPS) is 11.2. The number of benzene rings is 2. The smallest absolute Gasteiger partial charge is 0.352 e. The maximum Gasteiger partial charge on any atom is 0.352 e. The van der Waals surface area contributed by atoms with Crippen LogP contribution in [0.25, 0.3) is 17.0 Å². The number of fused-ring (bicyclic) bond motifs is 1. The number of carboxylic acid groups (broad SMARTS) is 1. The van der Waals surface area contributed by atoms with E-state index in [1.807, 2.05) is 53.1 Å². The predicted octanol–water partition coefficient (Wildman–Crippen LogP) is 5.17. The van der Waals surface area contributed by atoms with Crippen molar-refractivity contribution in [3.05, 3.63) is 77.5 Å². The second-order valence-electron chi connectivity index (χ2n) is 7.54. The average Bonchev–Trinajstić information content (AvgIpc) is 2.99. The molecule has 0 aliphatic rings. The Balaban J connectivity index is 1.99. The SMILES string of the molecule is C=Cc1ccc(Cn2c(C(=O)O)c(CNCCC(C)C)c3ccccc32)cc1. The third kappa shape index (κ3) is 4.34. The number of para-hydroxylation sites is 1. The molecule has 0 spiro atoms. The summed E-state index contributed by atoms with van der Waals surface area (Å²) >= 11 is 0. The van der Waals surface area contributed by atoms with E-state index in [4.69, 9.17) is 0 Å². The van der Waals surface area contributed by atoms with Gasteiger partial charge in [0, 0.05) is 29.6 Å². The van der Waals surface area contributed by atoms with Gasteiger partial charge in [0.25, 0.3) is 0 Å². The van der Waals surface area contributed by atoms with Crippen LogP contribution in [-0.2, 0) is 13.1 Å². The minimum atomic E-state index is -0.889. The Hall–Kier alpha value is -2.85. The summed E-state index contributed by atoms with van der Waals surface area (Å²) in [7, 11) is 0. The number of nitrogens with one attached hydrogen (secondary N) is 1. The summed E-state index contributed by atoms with van der Waals surface area (Å²) < 4.78 is 1.92. The molecule has 146 valence electrons. The minimum absolute atomic E-state index is 0.367. The van der Waals surface area contributed by atoms with Gasteiger partial charge in [-0.25, -0.2) is 4.79 Å². The van der Waals surface area contributed by atoms with Gasteiger partial charge in [-0.05, 0) is 36.1 Å². The molecule has 1 aromatic heterocycles. The summed E-state index contributed by atoms with van der Waals surface area (Å²) in [5.41, 5.74) is 4.29. The van der Waals surface area contributed by atoms with E-state index in [1.165, 1.54) is 0 Å². The topological polar surface area (TPSA) is 54.3 Å². The van der Waals surface area contributed by atoms with Gasteiger partial charge in [0.2, 0.25) is 0 Å². The summed E-state index contributed by atoms with van der Waals surface area (Å²) in [4.78, 5) is 12.2. The Morgan fingerprint density at radius 3 is 2.54 bits per heavy atom. The second-order valence-corrected chi connectivity index (χ2v) is 7.54. The van der Waals surface area contributed by atoms with Crippen LogP contribution in [0.15, 0.2) is 55.1 Å². The van der Waals surface area contributed by atoms with Crippen LogP contribution in [0.1, 0.15) is 47.4 Å². The van der Waals surface area contributed by atoms with Crippen LogP contribution in [-0.4, -0.2) is 22.2 Å². The van der Waals surface area contributed by atoms with Crippen molar-refractivity contribution in [2.75, 3.05) is 6.54 Å². The zero-order valence-electron chi connectivity index (χ0n) is 16.6. The highest BCUT2D eigenvalue weighted by atomic mass is 16.4. The highest BCUT2D eigenvalue weighted by Gasteiger charge is 2.22. The number of carbonyl (C=O) groups is 1. The van der Waals surface area contributed by atoms with Crippen LogP contribution in [0.5, 0.6) is 0 Å². The molecule has 4 heteroatoms. The molecular weight excluding hydrogens is 348 g/mol. The molecule has 0 fully saturated rings. The Morgan fingerprint density at radius 2 is 1.89 bits per heavy atom. The fraction of sp³-hybridized carbons (Fsp3) is 0.292. The molecule has 4 nitrogen and oxygen atoms in total. The van der Waals surface area contributed by atoms with Crippen LogP contribution in [0.2, 0.25) is 0 Å². The monoisotopic (exact) mass is 376 g/mol. The fourth-order valence-electron chi connectivity index (χ4n) is 3.51. The van der Waals surface area contributed by atoms with Crippen molar-refractivity contribution >= 4 is 22.9 Å². The minimum Gasteiger partial charge on any atom is -0.477 e. The molecule has 1 heterocycles. The lowest BCUT2D eigenvalue weighted by atomic mass is 10.1. The fourth-order valence-corrected chi connectivity index (χ4v) is 3.51. The van der Waals surface area contributed by atoms with Gasteiger partial charge in [-0.15, -0.1) is 0 Å². The zero-order valence-corrected chi connectivity index (χ0v) is 16.6. The standard InChI is InChI=1S/C24H28N2O2/c1-4-18-9-11-19(12-10-18)16-26-22-8-6-5-7-20(22)21(23(26)24(27)28)15-25-14-13-17(2)3/h4-12,17,25H,1,13-16H2,2-3H3,(H,27,28). The van der Waals surface area contributed by atoms with Crippen molar-refractivity contribution in [2.45, 2.75) is 33.4 Å². The van der Waals surface area contributed by atoms with Gasteiger partial charge in [-0.1, -0.05) is 69.0 Å². The van der Waals surface area contributed by atoms with E-state index in [0.717, 1.165) is 40.6 Å². The van der Waals surface area contributed by atoms with Crippen molar-refractivity contribution in [1.29, 1.82) is 0 Å². The molecule has 28 heavy (non-hydrogen) atoms. The van der Waals surface area contributed by atoms with E-state index in [-0.39, 0.29) is 0 Å². The number of aromatic carboxylic acids is 1. The third-order valence-electron chi connectivity index (χ3n) is 5.03. The summed E-state index contributed by atoms with van der Waals surface area (Å²) in [6.45, 7) is 10.1. The number of rotatable bonds is 9. The predicted molar refractivity (Wildman–Crippen MR) is 116 cm³/mol. The molecule has 3 rings (SSSR count). The van der Waals surface area contributed by atoms with Crippen molar-refractivity contribution < 1.29 is 9.90 Å². The first-order valence-electron chi connectivity index (χ1n) is 9.76. The third-order valence-corrected chi connectivity index (χ3v) is 5.03. The Labute approximate surface area is 166 Å². The lowest BCUT2D eigenvalue weighted by Crippen LogP contribution is -2.19. The molecule has 3 aromatic rings. The molecule has 0 amide bonds. The van der Waals surface area contributed by atoms with Gasteiger partial charge in [0.05, 0.1) is 0 Å². The lowest BCUT2D eigenvalue weighted by Gasteiger charge is -2.11. The van der Waals surface area contributed by atoms with Gasteiger partial charge in [0.1, 0.15) is 5.69 Å². The molecule has 0 aliphatic heterocycles. The Kier molecular flexibility index (Phi) is 6.32. The van der Waals surface area contributed by atoms with Crippen molar-refractivity contribution in [1.82, 2.24) is 9.88 Å². The van der Waals surface area contributed by atoms with Crippen LogP contribution in [0.3, 0.4) is 0 Å². The van der Waals surface area contributed by atoms with Crippen LogP contribution in [0.4, 0.5) is 0 Å². The molecule has 2 aromatic carbocycles. The molecule has 0 radical (unpaired) electrons. The van der Waals surface area contributed by atoms with E-state index in [9.17, 15) is 9.90 Å². The van der Waals surface area contributed by atoms with Crippen molar-refractivity contribution in [2.24, 2.45) is 5.92 Å². The molecule has 0 saturated carbocycles. The lowest BCUT2D eigenvalue weighted by molar-refractivity contribution is 0.0684. The number of aromatic nitrogens is 1. The van der Waals surface area contributed by atoms with E-state index < -0.39 is 5.97 Å². The number of carboxylic acids is 1. The highest BCUT2D eigenvalue weighted by molar-refractivity contribution is 5.98. The van der Waals surface area contributed by atoms with E-state index in [2.05, 4.69) is 25.7 Å². The first kappa shape index (κ1) is 19.9. The van der Waals surface area contributed by atoms with Crippen molar-refractivity contribution in [3.63, 3.8) is 0 Å². The number of hydrogen-bond donors (Lipinski definition) is 2. The number of nitrogens with zero attached hydrogens (tertiary/aromatic N) is 1. The van der Waals surface area contributed by atoms with Gasteiger partial charge >= 0.3 is 5.97 Å². The second kappa shape index (κ2) is 8.89. The molecule has 2 N–H and O–H groups in total. The van der Waals surface area contributed by atoms with Gasteiger partial charge < -0.3 is 15.0 Å². The van der Waals surface area contributed by atoms with Gasteiger partial charge in [-0.3, -0.25) is 0 Å². The molecule has 0 bridgehead atoms. The maximum atomic E-state index is 12.2. The van der Waals surface area contributed by atoms with E-state index in [0.29, 0.717) is 24.7 Å². The summed E-state index contributed by atoms with van der Waals surface area (Å²) in [6.07, 6.45) is 2.87. The first-order valence-corrected chi connectivity index (χ1v) is 9.76. The molecule has 0 aliphatic carbocycles. The first-order chi connectivity index (χ1) is 13.5. The number of hydrogen-bond acceptors (Lipinski definition) is 2. The van der Waals surface area contributed by atoms with Gasteiger partial charge in [-0.2, -0.15) is 0 Å². The van der Waals surface area contributed by atoms with Crippen LogP contribution < -0.4 is 5.32 Å². The maximum absolute atomic E-state index is 12.2. The van der Waals surface area contributed by atoms with Gasteiger partial charge in [0.15, 0.2) is 0 Å². The van der Waals surface area contributed by atoms with Crippen molar-refractivity contribution in [3.8, 4) is 0 Å². The quantitative estimate of drug-likeness (QED) is 0.507. The largest absolute Gasteiger partial charge is 0.477 e. The highest BCUT2D eigenvalue weighted by Crippen LogP contribution is 2.27. The Bertz CT molecular complexity index is 968. The average molecular weight is 377 g/mol. The zero-order chi connectivity index (χ0) is 20.1. The summed E-state index contributed by atoms with van der Waals surface area (Å²) in [6, 6.07) is 16.0. The summed E-state index contributed by atoms with van der Waals surface area (Å²) in [5.74, 6) is -0.272. The summed E-state index contributed by atoms with van der Waals surface area (Å²) in [5, 5.41) is 14.4. The molecular formula is C24H28N2O2. The molecule has 0 saturated heterocycles. The van der Waals surface area contributed by atoms with E-state index >= 15 is 0 Å². The van der Waals surface area contributed by atoms with Crippen LogP contribution in [0, 0.1) is 5.92 Å². The molecule has 0 atom stereocenters.